The Balaban J connectivity index is 2.37. The lowest BCUT2D eigenvalue weighted by Gasteiger charge is -2.45. The molecule has 198 valence electrons. The van der Waals surface area contributed by atoms with E-state index >= 15 is 0 Å². The molecule has 0 spiro atoms. The van der Waals surface area contributed by atoms with E-state index in [9.17, 15) is 29.4 Å². The quantitative estimate of drug-likeness (QED) is 0.176. The molecular weight excluding hydrogens is 472 g/mol. The number of unbranched alkanes of at least 4 members (excludes halogenated alkanes) is 3. The molecule has 6 atom stereocenters. The minimum Gasteiger partial charge on any atom is -0.467 e. The lowest BCUT2D eigenvalue weighted by Crippen LogP contribution is -2.69. The van der Waals surface area contributed by atoms with Crippen LogP contribution in [0.25, 0.3) is 0 Å². The average molecular weight is 513 g/mol. The lowest BCUT2D eigenvalue weighted by molar-refractivity contribution is -0.144. The Labute approximate surface area is 211 Å². The number of amides is 2. The Bertz CT molecular complexity index is 816. The van der Waals surface area contributed by atoms with E-state index in [1.807, 2.05) is 12.2 Å². The topological polar surface area (TPSA) is 142 Å². The van der Waals surface area contributed by atoms with E-state index < -0.39 is 58.0 Å². The number of rotatable bonds is 12. The van der Waals surface area contributed by atoms with Crippen LogP contribution in [0.5, 0.6) is 0 Å². The Morgan fingerprint density at radius 3 is 2.60 bits per heavy atom. The van der Waals surface area contributed by atoms with Crippen molar-refractivity contribution in [3.8, 4) is 0 Å². The van der Waals surface area contributed by atoms with Gasteiger partial charge >= 0.3 is 5.97 Å². The van der Waals surface area contributed by atoms with Crippen molar-refractivity contribution >= 4 is 34.7 Å². The fraction of sp³-hybridized carbons (Fsp3) is 0.760. The molecule has 1 aliphatic carbocycles. The first kappa shape index (κ1) is 29.3. The molecule has 0 saturated carbocycles. The number of nitrogens with one attached hydrogen (secondary N) is 2. The highest BCUT2D eigenvalue weighted by atomic mass is 32.2. The van der Waals surface area contributed by atoms with Crippen molar-refractivity contribution in [1.82, 2.24) is 10.6 Å². The molecule has 10 heteroatoms. The van der Waals surface area contributed by atoms with Crippen LogP contribution in [-0.4, -0.2) is 69.3 Å². The zero-order chi connectivity index (χ0) is 26.2. The molecule has 1 fully saturated rings. The highest BCUT2D eigenvalue weighted by Crippen LogP contribution is 2.46. The molecule has 0 radical (unpaired) electrons. The molecule has 0 bridgehead atoms. The van der Waals surface area contributed by atoms with Gasteiger partial charge in [0.25, 0.3) is 0 Å². The summed E-state index contributed by atoms with van der Waals surface area (Å²) in [5, 5.41) is 27.8. The molecule has 4 N–H and O–H groups in total. The first-order valence-corrected chi connectivity index (χ1v) is 13.4. The van der Waals surface area contributed by atoms with Crippen LogP contribution in [0.15, 0.2) is 12.2 Å². The van der Waals surface area contributed by atoms with E-state index in [-0.39, 0.29) is 5.75 Å². The normalized spacial score (nSPS) is 29.8. The fourth-order valence-corrected chi connectivity index (χ4v) is 6.27. The van der Waals surface area contributed by atoms with Crippen molar-refractivity contribution in [2.75, 3.05) is 12.9 Å². The van der Waals surface area contributed by atoms with Crippen molar-refractivity contribution in [2.24, 2.45) is 11.8 Å². The van der Waals surface area contributed by atoms with Gasteiger partial charge in [0.1, 0.15) is 11.6 Å². The molecule has 2 aliphatic rings. The highest BCUT2D eigenvalue weighted by molar-refractivity contribution is 8.13. The average Bonchev–Trinajstić information content (AvgIpc) is 3.03. The SMILES string of the molecule is CCCCCC[C@H]1C(=O)N[C@](C(=O)SC[C@H](NC(C)=O)C(=O)OC)([C@@H](O)[C@@H]2C=CCCC2)[C@@]1(C)O. The van der Waals surface area contributed by atoms with Gasteiger partial charge < -0.3 is 25.6 Å². The summed E-state index contributed by atoms with van der Waals surface area (Å²) in [5.41, 5.74) is -3.83. The molecule has 2 rings (SSSR count). The van der Waals surface area contributed by atoms with Crippen LogP contribution in [0.1, 0.15) is 72.1 Å². The van der Waals surface area contributed by atoms with Gasteiger partial charge in [0, 0.05) is 18.6 Å². The summed E-state index contributed by atoms with van der Waals surface area (Å²) in [6.07, 6.45) is 8.72. The van der Waals surface area contributed by atoms with Crippen LogP contribution in [0.2, 0.25) is 0 Å². The first-order valence-electron chi connectivity index (χ1n) is 12.4. The largest absolute Gasteiger partial charge is 0.467 e. The summed E-state index contributed by atoms with van der Waals surface area (Å²) in [6.45, 7) is 4.76. The van der Waals surface area contributed by atoms with Crippen LogP contribution in [0.3, 0.4) is 0 Å². The molecule has 0 aromatic carbocycles. The number of aliphatic hydroxyl groups is 2. The summed E-state index contributed by atoms with van der Waals surface area (Å²) in [5.74, 6) is -3.12. The Morgan fingerprint density at radius 1 is 1.31 bits per heavy atom. The van der Waals surface area contributed by atoms with Crippen LogP contribution in [0.4, 0.5) is 0 Å². The van der Waals surface area contributed by atoms with E-state index in [1.54, 1.807) is 0 Å². The van der Waals surface area contributed by atoms with Crippen molar-refractivity contribution in [3.05, 3.63) is 12.2 Å². The van der Waals surface area contributed by atoms with Crippen LogP contribution < -0.4 is 10.6 Å². The van der Waals surface area contributed by atoms with Gasteiger partial charge in [-0.15, -0.1) is 0 Å². The predicted molar refractivity (Wildman–Crippen MR) is 133 cm³/mol. The molecular formula is C25H40N2O7S. The van der Waals surface area contributed by atoms with E-state index in [0.29, 0.717) is 31.0 Å². The van der Waals surface area contributed by atoms with Gasteiger partial charge in [-0.3, -0.25) is 14.4 Å². The van der Waals surface area contributed by atoms with Crippen molar-refractivity contribution in [1.29, 1.82) is 0 Å². The van der Waals surface area contributed by atoms with E-state index in [0.717, 1.165) is 32.1 Å². The number of ether oxygens (including phenoxy) is 1. The van der Waals surface area contributed by atoms with Gasteiger partial charge in [0.05, 0.1) is 19.1 Å². The van der Waals surface area contributed by atoms with E-state index in [4.69, 9.17) is 4.74 Å². The zero-order valence-corrected chi connectivity index (χ0v) is 22.0. The van der Waals surface area contributed by atoms with Gasteiger partial charge in [0.15, 0.2) is 5.54 Å². The third-order valence-electron chi connectivity index (χ3n) is 7.17. The summed E-state index contributed by atoms with van der Waals surface area (Å²) in [4.78, 5) is 50.5. The van der Waals surface area contributed by atoms with Crippen molar-refractivity contribution in [3.63, 3.8) is 0 Å². The number of carbonyl (C=O) groups is 4. The van der Waals surface area contributed by atoms with E-state index in [2.05, 4.69) is 17.6 Å². The number of aliphatic hydroxyl groups excluding tert-OH is 1. The molecule has 0 aromatic heterocycles. The molecule has 0 aromatic rings. The summed E-state index contributed by atoms with van der Waals surface area (Å²) >= 11 is 0.684. The number of thioether (sulfide) groups is 1. The van der Waals surface area contributed by atoms with Crippen molar-refractivity contribution < 1.29 is 34.1 Å². The molecule has 1 saturated heterocycles. The van der Waals surface area contributed by atoms with E-state index in [1.165, 1.54) is 21.0 Å². The number of hydrogen-bond acceptors (Lipinski definition) is 8. The maximum absolute atomic E-state index is 13.8. The van der Waals surface area contributed by atoms with Crippen molar-refractivity contribution in [2.45, 2.75) is 95.4 Å². The lowest BCUT2D eigenvalue weighted by atomic mass is 9.68. The second-order valence-corrected chi connectivity index (χ2v) is 10.7. The first-order chi connectivity index (χ1) is 16.5. The van der Waals surface area contributed by atoms with Gasteiger partial charge in [-0.05, 0) is 32.6 Å². The Kier molecular flexibility index (Phi) is 10.8. The Morgan fingerprint density at radius 2 is 2.03 bits per heavy atom. The third-order valence-corrected chi connectivity index (χ3v) is 8.25. The van der Waals surface area contributed by atoms with Crippen LogP contribution in [-0.2, 0) is 23.9 Å². The second-order valence-electron chi connectivity index (χ2n) is 9.69. The molecule has 2 amide bonds. The standard InChI is InChI=1S/C25H40N2O7S/c1-5-6-7-11-14-18-21(30)27-25(24(18,3)33,20(29)17-12-9-8-10-13-17)23(32)35-15-19(22(31)34-4)26-16(2)28/h9,12,17-20,29,33H,5-8,10-11,13-15H2,1-4H3,(H,26,28)(H,27,30)/t17-,18+,19+,20+,24+,25+/m1/s1. The van der Waals surface area contributed by atoms with Gasteiger partial charge in [-0.2, -0.15) is 0 Å². The number of hydrogen-bond donors (Lipinski definition) is 4. The summed E-state index contributed by atoms with van der Waals surface area (Å²) < 4.78 is 4.72. The van der Waals surface area contributed by atoms with Crippen LogP contribution >= 0.6 is 11.8 Å². The monoisotopic (exact) mass is 512 g/mol. The predicted octanol–water partition coefficient (Wildman–Crippen LogP) is 1.85. The minimum atomic E-state index is -1.96. The maximum atomic E-state index is 13.8. The second kappa shape index (κ2) is 12.9. The van der Waals surface area contributed by atoms with Gasteiger partial charge in [-0.25, -0.2) is 4.79 Å². The number of esters is 1. The maximum Gasteiger partial charge on any atom is 0.329 e. The fourth-order valence-electron chi connectivity index (χ4n) is 5.13. The van der Waals surface area contributed by atoms with Gasteiger partial charge in [-0.1, -0.05) is 56.5 Å². The van der Waals surface area contributed by atoms with Crippen LogP contribution in [0, 0.1) is 11.8 Å². The third kappa shape index (κ3) is 6.46. The zero-order valence-electron chi connectivity index (χ0n) is 21.2. The minimum absolute atomic E-state index is 0.173. The number of methoxy groups -OCH3 is 1. The summed E-state index contributed by atoms with van der Waals surface area (Å²) in [7, 11) is 1.18. The Hall–Kier alpha value is -1.91. The van der Waals surface area contributed by atoms with Gasteiger partial charge in [0.2, 0.25) is 16.9 Å². The molecule has 9 nitrogen and oxygen atoms in total. The smallest absolute Gasteiger partial charge is 0.329 e. The number of allylic oxidation sites excluding steroid dienone is 1. The molecule has 35 heavy (non-hydrogen) atoms. The highest BCUT2D eigenvalue weighted by Gasteiger charge is 2.68. The molecule has 1 aliphatic heterocycles. The number of carbonyl (C=O) groups excluding carboxylic acids is 4. The molecule has 1 heterocycles. The molecule has 0 unspecified atom stereocenters. The summed E-state index contributed by atoms with van der Waals surface area (Å²) in [6, 6.07) is -1.10.